The summed E-state index contributed by atoms with van der Waals surface area (Å²) in [6, 6.07) is 12.0. The zero-order valence-electron chi connectivity index (χ0n) is 9.33. The Kier molecular flexibility index (Phi) is 3.14. The predicted molar refractivity (Wildman–Crippen MR) is 75.8 cm³/mol. The van der Waals surface area contributed by atoms with Crippen molar-refractivity contribution in [2.45, 2.75) is 9.24 Å². The molecule has 3 rings (SSSR count). The number of nitrogens with one attached hydrogen (secondary N) is 1. The zero-order valence-corrected chi connectivity index (χ0v) is 11.0. The Morgan fingerprint density at radius 3 is 2.78 bits per heavy atom. The van der Waals surface area contributed by atoms with Crippen LogP contribution in [-0.4, -0.2) is 9.97 Å². The fraction of sp³-hybridized carbons (Fsp3) is 0. The number of benzene rings is 1. The van der Waals surface area contributed by atoms with Crippen LogP contribution in [0.2, 0.25) is 0 Å². The maximum Gasteiger partial charge on any atom is 0.238 e. The van der Waals surface area contributed by atoms with Crippen molar-refractivity contribution >= 4 is 39.9 Å². The smallest absolute Gasteiger partial charge is 0.238 e. The van der Waals surface area contributed by atoms with Crippen LogP contribution in [0.25, 0.3) is 10.9 Å². The molecular formula is C12H10N4S2. The Morgan fingerprint density at radius 1 is 1.11 bits per heavy atom. The molecule has 2 aromatic heterocycles. The van der Waals surface area contributed by atoms with Crippen molar-refractivity contribution in [1.29, 1.82) is 0 Å². The summed E-state index contributed by atoms with van der Waals surface area (Å²) < 4.78 is 1.20. The van der Waals surface area contributed by atoms with Crippen molar-refractivity contribution in [2.24, 2.45) is 5.84 Å². The molecule has 0 spiro atoms. The van der Waals surface area contributed by atoms with Crippen LogP contribution in [0.15, 0.2) is 51.0 Å². The van der Waals surface area contributed by atoms with E-state index in [9.17, 15) is 0 Å². The molecule has 0 radical (unpaired) electrons. The minimum Gasteiger partial charge on any atom is -0.292 e. The highest BCUT2D eigenvalue weighted by Gasteiger charge is 2.08. The van der Waals surface area contributed by atoms with Gasteiger partial charge in [0.1, 0.15) is 5.03 Å². The van der Waals surface area contributed by atoms with Crippen molar-refractivity contribution in [3.8, 4) is 0 Å². The van der Waals surface area contributed by atoms with Gasteiger partial charge in [-0.05, 0) is 17.5 Å². The number of anilines is 1. The van der Waals surface area contributed by atoms with Crippen molar-refractivity contribution in [3.63, 3.8) is 0 Å². The van der Waals surface area contributed by atoms with Gasteiger partial charge >= 0.3 is 0 Å². The van der Waals surface area contributed by atoms with E-state index in [1.807, 2.05) is 35.7 Å². The zero-order chi connectivity index (χ0) is 12.4. The number of rotatable bonds is 3. The second-order valence-corrected chi connectivity index (χ2v) is 5.78. The molecule has 4 nitrogen and oxygen atoms in total. The van der Waals surface area contributed by atoms with Gasteiger partial charge in [-0.15, -0.1) is 11.3 Å². The third-order valence-electron chi connectivity index (χ3n) is 2.39. The lowest BCUT2D eigenvalue weighted by Gasteiger charge is -2.06. The fourth-order valence-corrected chi connectivity index (χ4v) is 3.40. The molecule has 0 unspecified atom stereocenters. The van der Waals surface area contributed by atoms with Crippen molar-refractivity contribution in [2.75, 3.05) is 5.43 Å². The largest absolute Gasteiger partial charge is 0.292 e. The molecule has 0 aliphatic rings. The summed E-state index contributed by atoms with van der Waals surface area (Å²) in [5.41, 5.74) is 3.40. The van der Waals surface area contributed by atoms with E-state index in [0.29, 0.717) is 5.95 Å². The molecular weight excluding hydrogens is 264 g/mol. The van der Waals surface area contributed by atoms with Crippen LogP contribution in [0.1, 0.15) is 0 Å². The maximum absolute atomic E-state index is 5.40. The number of thiophene rings is 1. The van der Waals surface area contributed by atoms with Gasteiger partial charge in [0.15, 0.2) is 0 Å². The lowest BCUT2D eigenvalue weighted by atomic mass is 10.2. The molecule has 90 valence electrons. The van der Waals surface area contributed by atoms with Gasteiger partial charge in [-0.25, -0.2) is 15.8 Å². The molecule has 0 aliphatic heterocycles. The Balaban J connectivity index is 2.13. The average molecular weight is 274 g/mol. The molecule has 0 fully saturated rings. The molecule has 0 atom stereocenters. The summed E-state index contributed by atoms with van der Waals surface area (Å²) in [5.74, 6) is 5.84. The minimum atomic E-state index is 0.438. The number of hydrazine groups is 1. The second kappa shape index (κ2) is 4.93. The third kappa shape index (κ3) is 2.17. The number of aromatic nitrogens is 2. The highest BCUT2D eigenvalue weighted by molar-refractivity contribution is 8.01. The maximum atomic E-state index is 5.40. The van der Waals surface area contributed by atoms with Gasteiger partial charge < -0.3 is 0 Å². The van der Waals surface area contributed by atoms with Crippen molar-refractivity contribution in [1.82, 2.24) is 9.97 Å². The van der Waals surface area contributed by atoms with Gasteiger partial charge in [-0.2, -0.15) is 0 Å². The van der Waals surface area contributed by atoms with E-state index in [1.54, 1.807) is 23.1 Å². The first kappa shape index (κ1) is 11.5. The first-order valence-corrected chi connectivity index (χ1v) is 7.01. The monoisotopic (exact) mass is 274 g/mol. The van der Waals surface area contributed by atoms with Crippen molar-refractivity contribution in [3.05, 3.63) is 41.8 Å². The Morgan fingerprint density at radius 2 is 2.00 bits per heavy atom. The van der Waals surface area contributed by atoms with E-state index in [-0.39, 0.29) is 0 Å². The second-order valence-electron chi connectivity index (χ2n) is 3.55. The molecule has 0 aliphatic carbocycles. The van der Waals surface area contributed by atoms with E-state index in [0.717, 1.165) is 15.9 Å². The molecule has 0 bridgehead atoms. The van der Waals surface area contributed by atoms with Crippen molar-refractivity contribution < 1.29 is 0 Å². The Bertz CT molecular complexity index is 667. The van der Waals surface area contributed by atoms with Crippen LogP contribution < -0.4 is 11.3 Å². The standard InChI is InChI=1S/C12H10N4S2/c13-16-12-14-9-5-2-1-4-8(9)11(15-12)18-10-6-3-7-17-10/h1-7H,13H2,(H,14,15,16). The lowest BCUT2D eigenvalue weighted by Crippen LogP contribution is -2.10. The topological polar surface area (TPSA) is 63.8 Å². The highest BCUT2D eigenvalue weighted by Crippen LogP contribution is 2.34. The molecule has 1 aromatic carbocycles. The van der Waals surface area contributed by atoms with Crippen LogP contribution in [0.4, 0.5) is 5.95 Å². The molecule has 0 amide bonds. The number of nitrogen functional groups attached to an aromatic ring is 1. The first-order valence-electron chi connectivity index (χ1n) is 5.31. The van der Waals surface area contributed by atoms with Gasteiger partial charge in [0, 0.05) is 5.39 Å². The Labute approximate surface area is 112 Å². The predicted octanol–water partition coefficient (Wildman–Crippen LogP) is 3.13. The summed E-state index contributed by atoms with van der Waals surface area (Å²) >= 11 is 3.32. The summed E-state index contributed by atoms with van der Waals surface area (Å²) in [5, 5.41) is 4.00. The van der Waals surface area contributed by atoms with E-state index >= 15 is 0 Å². The molecule has 2 heterocycles. The number of para-hydroxylation sites is 1. The number of nitrogens with zero attached hydrogens (tertiary/aromatic N) is 2. The van der Waals surface area contributed by atoms with Crippen LogP contribution in [0.3, 0.4) is 0 Å². The number of fused-ring (bicyclic) bond motifs is 1. The fourth-order valence-electron chi connectivity index (χ4n) is 1.61. The molecule has 3 aromatic rings. The lowest BCUT2D eigenvalue weighted by molar-refractivity contribution is 1.07. The number of hydrogen-bond donors (Lipinski definition) is 2. The summed E-state index contributed by atoms with van der Waals surface area (Å²) in [6.07, 6.45) is 0. The van der Waals surface area contributed by atoms with Crippen LogP contribution in [0.5, 0.6) is 0 Å². The summed E-state index contributed by atoms with van der Waals surface area (Å²) in [6.45, 7) is 0. The van der Waals surface area contributed by atoms with Gasteiger partial charge in [0.05, 0.1) is 9.73 Å². The van der Waals surface area contributed by atoms with Gasteiger partial charge in [0.2, 0.25) is 5.95 Å². The van der Waals surface area contributed by atoms with E-state index in [4.69, 9.17) is 5.84 Å². The van der Waals surface area contributed by atoms with E-state index < -0.39 is 0 Å². The van der Waals surface area contributed by atoms with Crippen LogP contribution in [0, 0.1) is 0 Å². The van der Waals surface area contributed by atoms with E-state index in [1.165, 1.54) is 4.21 Å². The molecule has 3 N–H and O–H groups in total. The van der Waals surface area contributed by atoms with Crippen LogP contribution >= 0.6 is 23.1 Å². The summed E-state index contributed by atoms with van der Waals surface area (Å²) in [7, 11) is 0. The molecule has 18 heavy (non-hydrogen) atoms. The van der Waals surface area contributed by atoms with Gasteiger partial charge in [0.25, 0.3) is 0 Å². The van der Waals surface area contributed by atoms with Gasteiger partial charge in [-0.1, -0.05) is 36.0 Å². The van der Waals surface area contributed by atoms with Crippen LogP contribution in [-0.2, 0) is 0 Å². The normalized spacial score (nSPS) is 10.7. The first-order chi connectivity index (χ1) is 8.86. The molecule has 0 saturated heterocycles. The van der Waals surface area contributed by atoms with E-state index in [2.05, 4.69) is 21.5 Å². The third-order valence-corrected chi connectivity index (χ3v) is 4.43. The average Bonchev–Trinajstić information content (AvgIpc) is 2.91. The number of hydrogen-bond acceptors (Lipinski definition) is 6. The highest BCUT2D eigenvalue weighted by atomic mass is 32.2. The molecule has 0 saturated carbocycles. The SMILES string of the molecule is NNc1nc(Sc2cccs2)c2ccccc2n1. The Hall–Kier alpha value is -1.63. The quantitative estimate of drug-likeness (QED) is 0.436. The summed E-state index contributed by atoms with van der Waals surface area (Å²) in [4.78, 5) is 8.74. The molecule has 6 heteroatoms. The number of nitrogens with two attached hydrogens (primary N) is 1. The van der Waals surface area contributed by atoms with Gasteiger partial charge in [-0.3, -0.25) is 5.43 Å². The minimum absolute atomic E-state index is 0.438.